The van der Waals surface area contributed by atoms with Crippen LogP contribution < -0.4 is 10.2 Å². The lowest BCUT2D eigenvalue weighted by molar-refractivity contribution is -0.122. The second-order valence-corrected chi connectivity index (χ2v) is 6.05. The molecule has 0 saturated carbocycles. The Labute approximate surface area is 132 Å². The van der Waals surface area contributed by atoms with E-state index in [4.69, 9.17) is 11.6 Å². The second-order valence-electron chi connectivity index (χ2n) is 5.62. The molecule has 4 nitrogen and oxygen atoms in total. The highest BCUT2D eigenvalue weighted by molar-refractivity contribution is 6.30. The minimum atomic E-state index is 0.129. The van der Waals surface area contributed by atoms with E-state index in [-0.39, 0.29) is 11.9 Å². The summed E-state index contributed by atoms with van der Waals surface area (Å²) in [6.07, 6.45) is 0.968. The van der Waals surface area contributed by atoms with Gasteiger partial charge in [-0.15, -0.1) is 0 Å². The Morgan fingerprint density at radius 2 is 1.86 bits per heavy atom. The van der Waals surface area contributed by atoms with Crippen LogP contribution in [-0.4, -0.2) is 49.6 Å². The zero-order valence-corrected chi connectivity index (χ0v) is 13.6. The minimum absolute atomic E-state index is 0.129. The van der Waals surface area contributed by atoms with Gasteiger partial charge in [0.2, 0.25) is 5.91 Å². The molecule has 0 aromatic heterocycles. The molecule has 0 radical (unpaired) electrons. The summed E-state index contributed by atoms with van der Waals surface area (Å²) < 4.78 is 0. The number of halogens is 1. The normalized spacial score (nSPS) is 17.6. The summed E-state index contributed by atoms with van der Waals surface area (Å²) in [4.78, 5) is 16.4. The Morgan fingerprint density at radius 3 is 2.43 bits per heavy atom. The summed E-state index contributed by atoms with van der Waals surface area (Å²) in [6.45, 7) is 8.33. The number of anilines is 1. The Morgan fingerprint density at radius 1 is 1.24 bits per heavy atom. The predicted molar refractivity (Wildman–Crippen MR) is 88.0 cm³/mol. The van der Waals surface area contributed by atoms with Crippen LogP contribution in [0.1, 0.15) is 20.3 Å². The molecule has 1 aliphatic heterocycles. The molecule has 116 valence electrons. The van der Waals surface area contributed by atoms with Crippen molar-refractivity contribution in [2.45, 2.75) is 26.3 Å². The summed E-state index contributed by atoms with van der Waals surface area (Å²) >= 11 is 5.91. The van der Waals surface area contributed by atoms with Crippen molar-refractivity contribution >= 4 is 23.2 Å². The van der Waals surface area contributed by atoms with E-state index in [0.29, 0.717) is 6.54 Å². The smallest absolute Gasteiger partial charge is 0.234 e. The molecule has 21 heavy (non-hydrogen) atoms. The average molecular weight is 310 g/mol. The maximum absolute atomic E-state index is 11.9. The third-order valence-corrected chi connectivity index (χ3v) is 4.20. The lowest BCUT2D eigenvalue weighted by atomic mass is 10.2. The van der Waals surface area contributed by atoms with Crippen molar-refractivity contribution in [2.75, 3.05) is 37.6 Å². The SMILES string of the molecule is CC[C@@H](C)NC(=O)CN1CCN(c2ccc(Cl)cc2)CC1. The molecule has 1 saturated heterocycles. The van der Waals surface area contributed by atoms with E-state index in [1.54, 1.807) is 0 Å². The molecular weight excluding hydrogens is 286 g/mol. The van der Waals surface area contributed by atoms with Crippen LogP contribution in [0.2, 0.25) is 5.02 Å². The first-order valence-corrected chi connectivity index (χ1v) is 7.98. The molecule has 0 aliphatic carbocycles. The van der Waals surface area contributed by atoms with Gasteiger partial charge < -0.3 is 10.2 Å². The van der Waals surface area contributed by atoms with Crippen LogP contribution in [0.25, 0.3) is 0 Å². The fourth-order valence-electron chi connectivity index (χ4n) is 2.44. The fraction of sp³-hybridized carbons (Fsp3) is 0.562. The van der Waals surface area contributed by atoms with Gasteiger partial charge in [0, 0.05) is 42.9 Å². The second kappa shape index (κ2) is 7.66. The maximum atomic E-state index is 11.9. The van der Waals surface area contributed by atoms with Gasteiger partial charge in [0.25, 0.3) is 0 Å². The minimum Gasteiger partial charge on any atom is -0.369 e. The Bertz CT molecular complexity index is 455. The van der Waals surface area contributed by atoms with E-state index < -0.39 is 0 Å². The summed E-state index contributed by atoms with van der Waals surface area (Å²) in [5.41, 5.74) is 1.20. The Kier molecular flexibility index (Phi) is 5.88. The van der Waals surface area contributed by atoms with Gasteiger partial charge in [-0.2, -0.15) is 0 Å². The number of rotatable bonds is 5. The molecule has 2 rings (SSSR count). The van der Waals surface area contributed by atoms with Gasteiger partial charge in [0.1, 0.15) is 0 Å². The summed E-state index contributed by atoms with van der Waals surface area (Å²) in [7, 11) is 0. The van der Waals surface area contributed by atoms with Crippen LogP contribution in [0.4, 0.5) is 5.69 Å². The van der Waals surface area contributed by atoms with Crippen LogP contribution in [0, 0.1) is 0 Å². The van der Waals surface area contributed by atoms with Crippen molar-refractivity contribution in [1.29, 1.82) is 0 Å². The molecule has 0 spiro atoms. The molecule has 0 unspecified atom stereocenters. The molecule has 1 fully saturated rings. The maximum Gasteiger partial charge on any atom is 0.234 e. The van der Waals surface area contributed by atoms with Gasteiger partial charge in [-0.05, 0) is 37.6 Å². The van der Waals surface area contributed by atoms with Crippen molar-refractivity contribution < 1.29 is 4.79 Å². The third-order valence-electron chi connectivity index (χ3n) is 3.95. The molecule has 0 bridgehead atoms. The summed E-state index contributed by atoms with van der Waals surface area (Å²) in [5.74, 6) is 0.129. The average Bonchev–Trinajstić information content (AvgIpc) is 2.48. The predicted octanol–water partition coefficient (Wildman–Crippen LogP) is 2.38. The monoisotopic (exact) mass is 309 g/mol. The van der Waals surface area contributed by atoms with Crippen LogP contribution in [-0.2, 0) is 4.79 Å². The first kappa shape index (κ1) is 16.1. The highest BCUT2D eigenvalue weighted by Gasteiger charge is 2.19. The van der Waals surface area contributed by atoms with E-state index in [2.05, 4.69) is 22.0 Å². The molecule has 1 amide bonds. The van der Waals surface area contributed by atoms with Gasteiger partial charge in [-0.25, -0.2) is 0 Å². The van der Waals surface area contributed by atoms with Crippen LogP contribution >= 0.6 is 11.6 Å². The zero-order chi connectivity index (χ0) is 15.2. The molecule has 1 aromatic rings. The number of amides is 1. The number of piperazine rings is 1. The van der Waals surface area contributed by atoms with Crippen molar-refractivity contribution in [1.82, 2.24) is 10.2 Å². The fourth-order valence-corrected chi connectivity index (χ4v) is 2.57. The van der Waals surface area contributed by atoms with Crippen LogP contribution in [0.5, 0.6) is 0 Å². The van der Waals surface area contributed by atoms with Crippen LogP contribution in [0.15, 0.2) is 24.3 Å². The quantitative estimate of drug-likeness (QED) is 0.907. The Balaban J connectivity index is 1.78. The first-order chi connectivity index (χ1) is 10.1. The van der Waals surface area contributed by atoms with E-state index in [1.165, 1.54) is 5.69 Å². The van der Waals surface area contributed by atoms with Gasteiger partial charge in [0.15, 0.2) is 0 Å². The number of hydrogen-bond acceptors (Lipinski definition) is 3. The van der Waals surface area contributed by atoms with Gasteiger partial charge in [0.05, 0.1) is 6.54 Å². The van der Waals surface area contributed by atoms with E-state index in [1.807, 2.05) is 31.2 Å². The van der Waals surface area contributed by atoms with E-state index in [0.717, 1.165) is 37.6 Å². The van der Waals surface area contributed by atoms with E-state index in [9.17, 15) is 4.79 Å². The number of benzene rings is 1. The summed E-state index contributed by atoms with van der Waals surface area (Å²) in [5, 5.41) is 3.78. The summed E-state index contributed by atoms with van der Waals surface area (Å²) in [6, 6.07) is 8.19. The Hall–Kier alpha value is -1.26. The van der Waals surface area contributed by atoms with E-state index >= 15 is 0 Å². The van der Waals surface area contributed by atoms with Gasteiger partial charge in [-0.1, -0.05) is 18.5 Å². The number of nitrogens with one attached hydrogen (secondary N) is 1. The van der Waals surface area contributed by atoms with Crippen molar-refractivity contribution in [3.63, 3.8) is 0 Å². The van der Waals surface area contributed by atoms with Gasteiger partial charge >= 0.3 is 0 Å². The zero-order valence-electron chi connectivity index (χ0n) is 12.8. The standard InChI is InChI=1S/C16H24ClN3O/c1-3-13(2)18-16(21)12-19-8-10-20(11-9-19)15-6-4-14(17)5-7-15/h4-7,13H,3,8-12H2,1-2H3,(H,18,21)/t13-/m1/s1. The molecule has 1 atom stereocenters. The third kappa shape index (κ3) is 4.90. The molecule has 1 aromatic carbocycles. The number of carbonyl (C=O) groups is 1. The number of carbonyl (C=O) groups excluding carboxylic acids is 1. The highest BCUT2D eigenvalue weighted by Crippen LogP contribution is 2.19. The topological polar surface area (TPSA) is 35.6 Å². The number of nitrogens with zero attached hydrogens (tertiary/aromatic N) is 2. The first-order valence-electron chi connectivity index (χ1n) is 7.60. The van der Waals surface area contributed by atoms with Crippen molar-refractivity contribution in [3.05, 3.63) is 29.3 Å². The lowest BCUT2D eigenvalue weighted by Crippen LogP contribution is -2.50. The molecular formula is C16H24ClN3O. The van der Waals surface area contributed by atoms with Gasteiger partial charge in [-0.3, -0.25) is 9.69 Å². The van der Waals surface area contributed by atoms with Crippen molar-refractivity contribution in [3.8, 4) is 0 Å². The van der Waals surface area contributed by atoms with Crippen molar-refractivity contribution in [2.24, 2.45) is 0 Å². The number of hydrogen-bond donors (Lipinski definition) is 1. The molecule has 1 heterocycles. The molecule has 1 aliphatic rings. The highest BCUT2D eigenvalue weighted by atomic mass is 35.5. The largest absolute Gasteiger partial charge is 0.369 e. The molecule has 1 N–H and O–H groups in total. The lowest BCUT2D eigenvalue weighted by Gasteiger charge is -2.35. The van der Waals surface area contributed by atoms with Crippen LogP contribution in [0.3, 0.4) is 0 Å². The molecule has 5 heteroatoms.